The summed E-state index contributed by atoms with van der Waals surface area (Å²) in [5, 5.41) is 8.93. The van der Waals surface area contributed by atoms with Gasteiger partial charge in [0, 0.05) is 6.07 Å². The lowest BCUT2D eigenvalue weighted by atomic mass is 10.2. The monoisotopic (exact) mass is 179 g/mol. The number of nitrogens with zero attached hydrogens (tertiary/aromatic N) is 1. The summed E-state index contributed by atoms with van der Waals surface area (Å²) in [6.45, 7) is 3.40. The fraction of sp³-hybridized carbons (Fsp3) is 0. The molecule has 0 aromatic heterocycles. The second-order valence-corrected chi connectivity index (χ2v) is 2.45. The van der Waals surface area contributed by atoms with Crippen LogP contribution in [0.25, 0.3) is 0 Å². The molecule has 0 unspecified atom stereocenters. The minimum Gasteiger partial charge on any atom is -0.466 e. The van der Waals surface area contributed by atoms with Crippen LogP contribution in [0.1, 0.15) is 5.56 Å². The van der Waals surface area contributed by atoms with E-state index in [9.17, 15) is 0 Å². The van der Waals surface area contributed by atoms with Gasteiger partial charge in [-0.25, -0.2) is 0 Å². The van der Waals surface area contributed by atoms with Crippen molar-refractivity contribution in [3.63, 3.8) is 0 Å². The maximum Gasteiger partial charge on any atom is 0.128 e. The van der Waals surface area contributed by atoms with Crippen molar-refractivity contribution in [1.29, 1.82) is 5.26 Å². The zero-order chi connectivity index (χ0) is 8.97. The van der Waals surface area contributed by atoms with E-state index in [1.807, 2.05) is 6.07 Å². The van der Waals surface area contributed by atoms with Crippen molar-refractivity contribution in [3.8, 4) is 11.8 Å². The van der Waals surface area contributed by atoms with Gasteiger partial charge in [-0.2, -0.15) is 5.26 Å². The van der Waals surface area contributed by atoms with Crippen LogP contribution in [0.4, 0.5) is 0 Å². The Morgan fingerprint density at radius 3 is 2.83 bits per heavy atom. The van der Waals surface area contributed by atoms with Gasteiger partial charge in [0.15, 0.2) is 0 Å². The van der Waals surface area contributed by atoms with Gasteiger partial charge in [-0.1, -0.05) is 18.2 Å². The Hall–Kier alpha value is -1.46. The molecule has 1 aromatic carbocycles. The van der Waals surface area contributed by atoms with Crippen molar-refractivity contribution in [3.05, 3.63) is 41.6 Å². The normalized spacial score (nSPS) is 8.67. The molecule has 2 nitrogen and oxygen atoms in total. The van der Waals surface area contributed by atoms with Crippen molar-refractivity contribution in [2.45, 2.75) is 0 Å². The first kappa shape index (κ1) is 8.63. The molecular formula is C9H6ClNO. The first-order valence-electron chi connectivity index (χ1n) is 3.25. The van der Waals surface area contributed by atoms with E-state index in [2.05, 4.69) is 6.58 Å². The minimum atomic E-state index is 0.386. The third kappa shape index (κ3) is 1.77. The van der Waals surface area contributed by atoms with E-state index >= 15 is 0 Å². The van der Waals surface area contributed by atoms with Gasteiger partial charge >= 0.3 is 0 Å². The summed E-state index contributed by atoms with van der Waals surface area (Å²) in [5.41, 5.74) is 0.438. The van der Waals surface area contributed by atoms with Gasteiger partial charge in [0.1, 0.15) is 11.8 Å². The molecule has 0 radical (unpaired) electrons. The topological polar surface area (TPSA) is 33.0 Å². The fourth-order valence-corrected chi connectivity index (χ4v) is 0.969. The molecule has 60 valence electrons. The van der Waals surface area contributed by atoms with Crippen LogP contribution in [0.5, 0.6) is 5.75 Å². The average molecular weight is 180 g/mol. The van der Waals surface area contributed by atoms with Crippen LogP contribution < -0.4 is 4.74 Å². The summed E-state index contributed by atoms with van der Waals surface area (Å²) in [7, 11) is 0. The van der Waals surface area contributed by atoms with E-state index in [0.29, 0.717) is 16.3 Å². The van der Waals surface area contributed by atoms with Gasteiger partial charge in [-0.3, -0.25) is 0 Å². The van der Waals surface area contributed by atoms with Crippen LogP contribution in [-0.4, -0.2) is 0 Å². The van der Waals surface area contributed by atoms with E-state index in [-0.39, 0.29) is 0 Å². The molecule has 0 fully saturated rings. The number of rotatable bonds is 2. The SMILES string of the molecule is C=COc1ccc(C#N)c(Cl)c1. The van der Waals surface area contributed by atoms with Crippen LogP contribution in [-0.2, 0) is 0 Å². The molecule has 0 N–H and O–H groups in total. The Kier molecular flexibility index (Phi) is 2.73. The van der Waals surface area contributed by atoms with Crippen molar-refractivity contribution in [2.24, 2.45) is 0 Å². The minimum absolute atomic E-state index is 0.386. The maximum atomic E-state index is 8.54. The van der Waals surface area contributed by atoms with Gasteiger partial charge in [0.25, 0.3) is 0 Å². The lowest BCUT2D eigenvalue weighted by Gasteiger charge is -2.00. The van der Waals surface area contributed by atoms with Crippen molar-refractivity contribution < 1.29 is 4.74 Å². The molecular weight excluding hydrogens is 174 g/mol. The first-order valence-corrected chi connectivity index (χ1v) is 3.63. The molecule has 0 atom stereocenters. The Bertz CT molecular complexity index is 341. The van der Waals surface area contributed by atoms with E-state index in [1.165, 1.54) is 6.26 Å². The molecule has 0 spiro atoms. The number of benzene rings is 1. The van der Waals surface area contributed by atoms with Gasteiger partial charge < -0.3 is 4.74 Å². The molecule has 0 aliphatic rings. The Morgan fingerprint density at radius 1 is 1.58 bits per heavy atom. The Morgan fingerprint density at radius 2 is 2.33 bits per heavy atom. The molecule has 3 heteroatoms. The standard InChI is InChI=1S/C9H6ClNO/c1-2-12-8-4-3-7(6-11)9(10)5-8/h2-5H,1H2. The van der Waals surface area contributed by atoms with Crippen molar-refractivity contribution in [1.82, 2.24) is 0 Å². The highest BCUT2D eigenvalue weighted by atomic mass is 35.5. The van der Waals surface area contributed by atoms with Gasteiger partial charge in [0.2, 0.25) is 0 Å². The van der Waals surface area contributed by atoms with Gasteiger partial charge in [0.05, 0.1) is 16.8 Å². The summed E-state index contributed by atoms with van der Waals surface area (Å²) < 4.78 is 4.96. The Labute approximate surface area is 75.6 Å². The van der Waals surface area contributed by atoms with E-state index in [0.717, 1.165) is 0 Å². The lowest BCUT2D eigenvalue weighted by molar-refractivity contribution is 0.483. The summed E-state index contributed by atoms with van der Waals surface area (Å²) >= 11 is 5.73. The summed E-state index contributed by atoms with van der Waals surface area (Å²) in [4.78, 5) is 0. The number of nitriles is 1. The molecule has 0 heterocycles. The highest BCUT2D eigenvalue weighted by Crippen LogP contribution is 2.21. The molecule has 12 heavy (non-hydrogen) atoms. The van der Waals surface area contributed by atoms with Crippen molar-refractivity contribution >= 4 is 11.6 Å². The first-order chi connectivity index (χ1) is 5.77. The highest BCUT2D eigenvalue weighted by Gasteiger charge is 1.99. The predicted octanol–water partition coefficient (Wildman–Crippen LogP) is 2.73. The van der Waals surface area contributed by atoms with E-state index < -0.39 is 0 Å². The molecule has 1 rings (SSSR count). The zero-order valence-corrected chi connectivity index (χ0v) is 7.01. The number of hydrogen-bond acceptors (Lipinski definition) is 2. The lowest BCUT2D eigenvalue weighted by Crippen LogP contribution is -1.82. The zero-order valence-electron chi connectivity index (χ0n) is 6.25. The molecule has 1 aromatic rings. The van der Waals surface area contributed by atoms with E-state index in [4.69, 9.17) is 21.6 Å². The largest absolute Gasteiger partial charge is 0.466 e. The summed E-state index contributed by atoms with van der Waals surface area (Å²) in [5.74, 6) is 0.578. The summed E-state index contributed by atoms with van der Waals surface area (Å²) in [6.07, 6.45) is 1.30. The van der Waals surface area contributed by atoms with Crippen LogP contribution in [0.2, 0.25) is 5.02 Å². The number of ether oxygens (including phenoxy) is 1. The molecule has 0 aliphatic carbocycles. The van der Waals surface area contributed by atoms with Crippen LogP contribution in [0.3, 0.4) is 0 Å². The number of halogens is 1. The van der Waals surface area contributed by atoms with Crippen LogP contribution >= 0.6 is 11.6 Å². The fourth-order valence-electron chi connectivity index (χ4n) is 0.756. The highest BCUT2D eigenvalue weighted by molar-refractivity contribution is 6.31. The molecule has 0 saturated heterocycles. The molecule has 0 amide bonds. The quantitative estimate of drug-likeness (QED) is 0.654. The van der Waals surface area contributed by atoms with E-state index in [1.54, 1.807) is 18.2 Å². The summed E-state index contributed by atoms with van der Waals surface area (Å²) in [6, 6.07) is 6.78. The van der Waals surface area contributed by atoms with Crippen LogP contribution in [0.15, 0.2) is 31.0 Å². The van der Waals surface area contributed by atoms with Crippen molar-refractivity contribution in [2.75, 3.05) is 0 Å². The third-order valence-corrected chi connectivity index (χ3v) is 1.59. The van der Waals surface area contributed by atoms with Gasteiger partial charge in [-0.15, -0.1) is 0 Å². The second-order valence-electron chi connectivity index (χ2n) is 2.04. The Balaban J connectivity index is 3.03. The predicted molar refractivity (Wildman–Crippen MR) is 47.0 cm³/mol. The molecule has 0 bridgehead atoms. The third-order valence-electron chi connectivity index (χ3n) is 1.28. The maximum absolute atomic E-state index is 8.54. The van der Waals surface area contributed by atoms with Gasteiger partial charge in [-0.05, 0) is 12.1 Å². The molecule has 0 aliphatic heterocycles. The second kappa shape index (κ2) is 3.80. The van der Waals surface area contributed by atoms with Crippen LogP contribution in [0, 0.1) is 11.3 Å². The molecule has 0 saturated carbocycles. The number of hydrogen-bond donors (Lipinski definition) is 0. The smallest absolute Gasteiger partial charge is 0.128 e. The average Bonchev–Trinajstić information content (AvgIpc) is 2.05.